The molecule has 1 aromatic rings. The van der Waals surface area contributed by atoms with Crippen molar-refractivity contribution < 1.29 is 24.3 Å². The summed E-state index contributed by atoms with van der Waals surface area (Å²) in [7, 11) is 0. The molecule has 1 heterocycles. The number of nitrogens with zero attached hydrogens (tertiary/aromatic N) is 1. The Hall–Kier alpha value is -2.61. The number of carboxylic acid groups (broad SMARTS) is 1. The first-order valence-corrected chi connectivity index (χ1v) is 8.05. The van der Waals surface area contributed by atoms with Gasteiger partial charge in [0.25, 0.3) is 11.1 Å². The lowest BCUT2D eigenvalue weighted by atomic mass is 10.1. The Morgan fingerprint density at radius 2 is 1.92 bits per heavy atom. The molecule has 3 amide bonds. The van der Waals surface area contributed by atoms with E-state index in [4.69, 9.17) is 5.11 Å². The molecule has 0 saturated carbocycles. The number of carbonyl (C=O) groups is 4. The van der Waals surface area contributed by atoms with Gasteiger partial charge in [-0.1, -0.05) is 31.2 Å². The fraction of sp³-hybridized carbons (Fsp3) is 0.250. The van der Waals surface area contributed by atoms with Crippen LogP contribution in [0.3, 0.4) is 0 Å². The lowest BCUT2D eigenvalue weighted by molar-refractivity contribution is -0.138. The van der Waals surface area contributed by atoms with Gasteiger partial charge in [-0.3, -0.25) is 24.1 Å². The van der Waals surface area contributed by atoms with Crippen molar-refractivity contribution in [1.29, 1.82) is 0 Å². The van der Waals surface area contributed by atoms with Crippen LogP contribution in [0, 0.1) is 0 Å². The highest BCUT2D eigenvalue weighted by molar-refractivity contribution is 8.18. The van der Waals surface area contributed by atoms with Crippen molar-refractivity contribution in [2.24, 2.45) is 0 Å². The summed E-state index contributed by atoms with van der Waals surface area (Å²) in [6.07, 6.45) is 2.50. The maximum atomic E-state index is 12.2. The number of carbonyl (C=O) groups excluding carboxylic acids is 3. The maximum Gasteiger partial charge on any atom is 0.322 e. The molecule has 0 aliphatic carbocycles. The Bertz CT molecular complexity index is 712. The summed E-state index contributed by atoms with van der Waals surface area (Å²) in [6, 6.07) is 7.59. The van der Waals surface area contributed by atoms with E-state index in [2.05, 4.69) is 5.32 Å². The third kappa shape index (κ3) is 4.45. The number of aliphatic carboxylic acids is 1. The molecule has 0 atom stereocenters. The third-order valence-electron chi connectivity index (χ3n) is 3.30. The Morgan fingerprint density at radius 3 is 2.50 bits per heavy atom. The predicted molar refractivity (Wildman–Crippen MR) is 89.1 cm³/mol. The number of nitrogens with one attached hydrogen (secondary N) is 1. The molecular formula is C16H16N2O5S. The molecule has 8 heteroatoms. The van der Waals surface area contributed by atoms with Gasteiger partial charge in [0.2, 0.25) is 5.91 Å². The second kappa shape index (κ2) is 7.78. The Morgan fingerprint density at radius 1 is 1.25 bits per heavy atom. The molecule has 1 fully saturated rings. The van der Waals surface area contributed by atoms with Crippen molar-refractivity contribution in [3.63, 3.8) is 0 Å². The van der Waals surface area contributed by atoms with Crippen LogP contribution in [-0.4, -0.2) is 46.1 Å². The van der Waals surface area contributed by atoms with Crippen molar-refractivity contribution in [1.82, 2.24) is 10.2 Å². The molecule has 0 unspecified atom stereocenters. The lowest BCUT2D eigenvalue weighted by Gasteiger charge is -2.11. The van der Waals surface area contributed by atoms with Crippen molar-refractivity contribution in [3.8, 4) is 0 Å². The van der Waals surface area contributed by atoms with Crippen LogP contribution < -0.4 is 5.32 Å². The largest absolute Gasteiger partial charge is 0.480 e. The molecule has 0 bridgehead atoms. The quantitative estimate of drug-likeness (QED) is 0.755. The maximum absolute atomic E-state index is 12.2. The molecule has 2 N–H and O–H groups in total. The van der Waals surface area contributed by atoms with E-state index in [1.54, 1.807) is 6.08 Å². The number of hydrogen-bond acceptors (Lipinski definition) is 5. The molecule has 1 aliphatic rings. The van der Waals surface area contributed by atoms with Crippen LogP contribution in [0.2, 0.25) is 0 Å². The highest BCUT2D eigenvalue weighted by Crippen LogP contribution is 2.31. The second-order valence-electron chi connectivity index (χ2n) is 5.03. The van der Waals surface area contributed by atoms with Gasteiger partial charge in [0, 0.05) is 0 Å². The molecule has 126 valence electrons. The van der Waals surface area contributed by atoms with Gasteiger partial charge in [0.1, 0.15) is 13.1 Å². The van der Waals surface area contributed by atoms with E-state index in [-0.39, 0.29) is 4.91 Å². The van der Waals surface area contributed by atoms with E-state index in [0.717, 1.165) is 34.2 Å². The van der Waals surface area contributed by atoms with E-state index >= 15 is 0 Å². The van der Waals surface area contributed by atoms with Gasteiger partial charge < -0.3 is 10.4 Å². The molecule has 1 aliphatic heterocycles. The van der Waals surface area contributed by atoms with Crippen LogP contribution in [0.4, 0.5) is 4.79 Å². The first-order chi connectivity index (χ1) is 11.4. The minimum atomic E-state index is -1.20. The third-order valence-corrected chi connectivity index (χ3v) is 4.21. The van der Waals surface area contributed by atoms with E-state index in [1.165, 1.54) is 0 Å². The average molecular weight is 348 g/mol. The monoisotopic (exact) mass is 348 g/mol. The Balaban J connectivity index is 2.05. The van der Waals surface area contributed by atoms with Gasteiger partial charge in [0.05, 0.1) is 4.91 Å². The lowest BCUT2D eigenvalue weighted by Crippen LogP contribution is -2.41. The number of thioether (sulfide) groups is 1. The number of aryl methyl sites for hydroxylation is 1. The van der Waals surface area contributed by atoms with E-state index in [0.29, 0.717) is 0 Å². The van der Waals surface area contributed by atoms with Gasteiger partial charge >= 0.3 is 5.97 Å². The van der Waals surface area contributed by atoms with E-state index in [1.807, 2.05) is 31.2 Å². The molecule has 0 aromatic heterocycles. The van der Waals surface area contributed by atoms with Crippen LogP contribution in [0.1, 0.15) is 18.1 Å². The van der Waals surface area contributed by atoms with E-state index in [9.17, 15) is 19.2 Å². The van der Waals surface area contributed by atoms with Gasteiger partial charge in [-0.15, -0.1) is 0 Å². The standard InChI is InChI=1S/C16H16N2O5S/c1-2-10-3-5-11(6-4-10)7-12-15(22)18(16(23)24-12)9-13(19)17-8-14(20)21/h3-7H,2,8-9H2,1H3,(H,17,19)(H,20,21)/b12-7+. The Labute approximate surface area is 142 Å². The smallest absolute Gasteiger partial charge is 0.322 e. The summed E-state index contributed by atoms with van der Waals surface area (Å²) < 4.78 is 0. The fourth-order valence-electron chi connectivity index (χ4n) is 2.01. The van der Waals surface area contributed by atoms with Crippen molar-refractivity contribution in [2.45, 2.75) is 13.3 Å². The average Bonchev–Trinajstić information content (AvgIpc) is 2.81. The predicted octanol–water partition coefficient (Wildman–Crippen LogP) is 1.49. The number of amides is 3. The van der Waals surface area contributed by atoms with Gasteiger partial charge in [-0.25, -0.2) is 0 Å². The molecule has 1 aromatic carbocycles. The van der Waals surface area contributed by atoms with Crippen LogP contribution in [0.5, 0.6) is 0 Å². The van der Waals surface area contributed by atoms with E-state index < -0.39 is 36.1 Å². The SMILES string of the molecule is CCc1ccc(/C=C2/SC(=O)N(CC(=O)NCC(=O)O)C2=O)cc1. The van der Waals surface area contributed by atoms with Gasteiger partial charge in [-0.05, 0) is 35.4 Å². The first kappa shape index (κ1) is 17.7. The van der Waals surface area contributed by atoms with Crippen molar-refractivity contribution >= 4 is 40.9 Å². The van der Waals surface area contributed by atoms with Crippen LogP contribution >= 0.6 is 11.8 Å². The summed E-state index contributed by atoms with van der Waals surface area (Å²) in [5, 5.41) is 10.1. The highest BCUT2D eigenvalue weighted by atomic mass is 32.2. The van der Waals surface area contributed by atoms with Crippen LogP contribution in [0.15, 0.2) is 29.2 Å². The minimum absolute atomic E-state index is 0.232. The normalized spacial score (nSPS) is 15.9. The molecule has 1 saturated heterocycles. The topological polar surface area (TPSA) is 104 Å². The Kier molecular flexibility index (Phi) is 5.75. The molecule has 2 rings (SSSR count). The zero-order valence-corrected chi connectivity index (χ0v) is 13.8. The zero-order chi connectivity index (χ0) is 17.7. The van der Waals surface area contributed by atoms with Crippen LogP contribution in [0.25, 0.3) is 6.08 Å². The van der Waals surface area contributed by atoms with Crippen molar-refractivity contribution in [3.05, 3.63) is 40.3 Å². The van der Waals surface area contributed by atoms with Crippen molar-refractivity contribution in [2.75, 3.05) is 13.1 Å². The van der Waals surface area contributed by atoms with Gasteiger partial charge in [-0.2, -0.15) is 0 Å². The second-order valence-corrected chi connectivity index (χ2v) is 6.03. The summed E-state index contributed by atoms with van der Waals surface area (Å²) in [5.41, 5.74) is 1.95. The molecule has 24 heavy (non-hydrogen) atoms. The first-order valence-electron chi connectivity index (χ1n) is 7.23. The highest BCUT2D eigenvalue weighted by Gasteiger charge is 2.36. The molecule has 0 spiro atoms. The molecular weight excluding hydrogens is 332 g/mol. The molecule has 7 nitrogen and oxygen atoms in total. The number of benzene rings is 1. The number of rotatable bonds is 6. The summed E-state index contributed by atoms with van der Waals surface area (Å²) >= 11 is 0.755. The summed E-state index contributed by atoms with van der Waals surface area (Å²) in [4.78, 5) is 47.1. The zero-order valence-electron chi connectivity index (χ0n) is 12.9. The fourth-order valence-corrected chi connectivity index (χ4v) is 2.85. The summed E-state index contributed by atoms with van der Waals surface area (Å²) in [5.74, 6) is -2.46. The number of imide groups is 1. The number of hydrogen-bond donors (Lipinski definition) is 2. The minimum Gasteiger partial charge on any atom is -0.480 e. The summed E-state index contributed by atoms with van der Waals surface area (Å²) in [6.45, 7) is 0.981. The van der Waals surface area contributed by atoms with Gasteiger partial charge in [0.15, 0.2) is 0 Å². The van der Waals surface area contributed by atoms with Crippen LogP contribution in [-0.2, 0) is 20.8 Å². The molecule has 0 radical (unpaired) electrons. The number of carboxylic acids is 1.